The molecule has 3 rings (SSSR count). The molecular weight excluding hydrogens is 242 g/mol. The number of thiophene rings is 1. The number of nitrogens with zero attached hydrogens (tertiary/aromatic N) is 3. The molecule has 1 saturated heterocycles. The Labute approximate surface area is 102 Å². The Morgan fingerprint density at radius 1 is 1.50 bits per heavy atom. The van der Waals surface area contributed by atoms with Gasteiger partial charge in [0, 0.05) is 13.1 Å². The Morgan fingerprint density at radius 3 is 3.12 bits per heavy atom. The molecule has 0 atom stereocenters. The maximum absolute atomic E-state index is 5.16. The molecule has 1 fully saturated rings. The summed E-state index contributed by atoms with van der Waals surface area (Å²) in [7, 11) is 0. The Morgan fingerprint density at radius 2 is 2.44 bits per heavy atom. The van der Waals surface area contributed by atoms with Gasteiger partial charge in [-0.25, -0.2) is 0 Å². The van der Waals surface area contributed by atoms with E-state index in [9.17, 15) is 0 Å². The van der Waals surface area contributed by atoms with Crippen LogP contribution in [0.4, 0.5) is 5.95 Å². The van der Waals surface area contributed by atoms with Crippen molar-refractivity contribution in [2.75, 3.05) is 18.0 Å². The highest BCUT2D eigenvalue weighted by molar-refractivity contribution is 7.80. The summed E-state index contributed by atoms with van der Waals surface area (Å²) in [5.74, 6) is 1.43. The molecule has 3 heterocycles. The number of aromatic nitrogens is 3. The summed E-state index contributed by atoms with van der Waals surface area (Å²) in [4.78, 5) is 7.40. The molecule has 7 heteroatoms. The van der Waals surface area contributed by atoms with Gasteiger partial charge in [0.2, 0.25) is 0 Å². The number of rotatable bonds is 2. The SMILES string of the molecule is S=C1NCCN1c1n[nH]c(-c2cccs2)n1. The molecule has 1 aliphatic rings. The number of hydrogen-bond donors (Lipinski definition) is 2. The van der Waals surface area contributed by atoms with Crippen molar-refractivity contribution in [2.24, 2.45) is 0 Å². The van der Waals surface area contributed by atoms with E-state index in [0.717, 1.165) is 23.8 Å². The topological polar surface area (TPSA) is 56.8 Å². The average Bonchev–Trinajstić information content (AvgIpc) is 2.96. The van der Waals surface area contributed by atoms with Crippen molar-refractivity contribution in [2.45, 2.75) is 0 Å². The Kier molecular flexibility index (Phi) is 2.33. The monoisotopic (exact) mass is 251 g/mol. The smallest absolute Gasteiger partial charge is 0.251 e. The molecule has 0 amide bonds. The Hall–Kier alpha value is -1.47. The highest BCUT2D eigenvalue weighted by Gasteiger charge is 2.21. The number of H-pyrrole nitrogens is 1. The second-order valence-corrected chi connectivity index (χ2v) is 4.68. The molecule has 16 heavy (non-hydrogen) atoms. The molecule has 5 nitrogen and oxygen atoms in total. The Bertz CT molecular complexity index is 504. The van der Waals surface area contributed by atoms with E-state index in [0.29, 0.717) is 11.1 Å². The van der Waals surface area contributed by atoms with E-state index in [1.165, 1.54) is 0 Å². The second-order valence-electron chi connectivity index (χ2n) is 3.34. The minimum absolute atomic E-state index is 0.637. The van der Waals surface area contributed by atoms with Gasteiger partial charge in [0.05, 0.1) is 4.88 Å². The highest BCUT2D eigenvalue weighted by Crippen LogP contribution is 2.22. The summed E-state index contributed by atoms with van der Waals surface area (Å²) in [6.07, 6.45) is 0. The van der Waals surface area contributed by atoms with E-state index in [1.807, 2.05) is 22.4 Å². The minimum Gasteiger partial charge on any atom is -0.360 e. The van der Waals surface area contributed by atoms with Crippen LogP contribution < -0.4 is 10.2 Å². The van der Waals surface area contributed by atoms with E-state index < -0.39 is 0 Å². The predicted molar refractivity (Wildman–Crippen MR) is 67.6 cm³/mol. The first-order valence-electron chi connectivity index (χ1n) is 4.86. The number of thiocarbonyl (C=S) groups is 1. The van der Waals surface area contributed by atoms with Crippen molar-refractivity contribution in [3.8, 4) is 10.7 Å². The zero-order valence-corrected chi connectivity index (χ0v) is 9.94. The second kappa shape index (κ2) is 3.84. The normalized spacial score (nSPS) is 15.5. The van der Waals surface area contributed by atoms with Crippen LogP contribution in [0.3, 0.4) is 0 Å². The molecule has 82 valence electrons. The third kappa shape index (κ3) is 1.57. The molecule has 0 unspecified atom stereocenters. The average molecular weight is 251 g/mol. The van der Waals surface area contributed by atoms with Gasteiger partial charge in [0.15, 0.2) is 10.9 Å². The maximum Gasteiger partial charge on any atom is 0.251 e. The van der Waals surface area contributed by atoms with Crippen LogP contribution in [-0.2, 0) is 0 Å². The molecule has 0 aromatic carbocycles. The predicted octanol–water partition coefficient (Wildman–Crippen LogP) is 1.23. The van der Waals surface area contributed by atoms with Crippen LogP contribution in [0.1, 0.15) is 0 Å². The minimum atomic E-state index is 0.637. The lowest BCUT2D eigenvalue weighted by Gasteiger charge is -2.09. The zero-order chi connectivity index (χ0) is 11.0. The Balaban J connectivity index is 1.91. The maximum atomic E-state index is 5.16. The van der Waals surface area contributed by atoms with Gasteiger partial charge >= 0.3 is 0 Å². The number of hydrogen-bond acceptors (Lipinski definition) is 4. The van der Waals surface area contributed by atoms with Gasteiger partial charge in [-0.15, -0.1) is 16.4 Å². The van der Waals surface area contributed by atoms with E-state index in [-0.39, 0.29) is 0 Å². The van der Waals surface area contributed by atoms with Crippen LogP contribution in [0.15, 0.2) is 17.5 Å². The van der Waals surface area contributed by atoms with Crippen LogP contribution in [0.5, 0.6) is 0 Å². The van der Waals surface area contributed by atoms with Crippen LogP contribution in [0.25, 0.3) is 10.7 Å². The number of aromatic amines is 1. The first-order valence-corrected chi connectivity index (χ1v) is 6.15. The van der Waals surface area contributed by atoms with Crippen molar-refractivity contribution >= 4 is 34.6 Å². The van der Waals surface area contributed by atoms with Gasteiger partial charge in [0.25, 0.3) is 5.95 Å². The molecule has 2 aromatic rings. The summed E-state index contributed by atoms with van der Waals surface area (Å²) in [6.45, 7) is 1.67. The van der Waals surface area contributed by atoms with Crippen LogP contribution >= 0.6 is 23.6 Å². The van der Waals surface area contributed by atoms with Gasteiger partial charge < -0.3 is 5.32 Å². The van der Waals surface area contributed by atoms with Gasteiger partial charge in [-0.2, -0.15) is 4.98 Å². The molecule has 0 saturated carbocycles. The fourth-order valence-corrected chi connectivity index (χ4v) is 2.50. The lowest BCUT2D eigenvalue weighted by molar-refractivity contribution is 0.950. The van der Waals surface area contributed by atoms with Crippen molar-refractivity contribution in [3.05, 3.63) is 17.5 Å². The third-order valence-electron chi connectivity index (χ3n) is 2.33. The fourth-order valence-electron chi connectivity index (χ4n) is 1.56. The molecule has 0 spiro atoms. The van der Waals surface area contributed by atoms with Gasteiger partial charge in [-0.3, -0.25) is 10.00 Å². The number of anilines is 1. The molecule has 0 bridgehead atoms. The summed E-state index contributed by atoms with van der Waals surface area (Å²) in [5, 5.41) is 12.9. The van der Waals surface area contributed by atoms with Gasteiger partial charge in [-0.1, -0.05) is 6.07 Å². The van der Waals surface area contributed by atoms with Crippen molar-refractivity contribution < 1.29 is 0 Å². The molecule has 0 aliphatic carbocycles. The number of nitrogens with one attached hydrogen (secondary N) is 2. The molecule has 1 aliphatic heterocycles. The van der Waals surface area contributed by atoms with Gasteiger partial charge in [-0.05, 0) is 23.7 Å². The van der Waals surface area contributed by atoms with Crippen LogP contribution in [0, 0.1) is 0 Å². The molecule has 2 N–H and O–H groups in total. The van der Waals surface area contributed by atoms with Gasteiger partial charge in [0.1, 0.15) is 0 Å². The van der Waals surface area contributed by atoms with E-state index >= 15 is 0 Å². The van der Waals surface area contributed by atoms with Crippen LogP contribution in [-0.4, -0.2) is 33.4 Å². The van der Waals surface area contributed by atoms with Crippen molar-refractivity contribution in [1.29, 1.82) is 0 Å². The quantitative estimate of drug-likeness (QED) is 0.786. The van der Waals surface area contributed by atoms with Crippen LogP contribution in [0.2, 0.25) is 0 Å². The largest absolute Gasteiger partial charge is 0.360 e. The van der Waals surface area contributed by atoms with Crippen molar-refractivity contribution in [3.63, 3.8) is 0 Å². The molecule has 0 radical (unpaired) electrons. The standard InChI is InChI=1S/C9H9N5S2/c15-9-10-3-4-14(9)8-11-7(12-13-8)6-2-1-5-16-6/h1-2,5H,3-4H2,(H,10,15)(H,11,12,13). The highest BCUT2D eigenvalue weighted by atomic mass is 32.1. The fraction of sp³-hybridized carbons (Fsp3) is 0.222. The zero-order valence-electron chi connectivity index (χ0n) is 8.30. The summed E-state index contributed by atoms with van der Waals surface area (Å²) in [5.41, 5.74) is 0. The van der Waals surface area contributed by atoms with E-state index in [1.54, 1.807) is 11.3 Å². The van der Waals surface area contributed by atoms with Crippen molar-refractivity contribution in [1.82, 2.24) is 20.5 Å². The summed E-state index contributed by atoms with van der Waals surface area (Å²) >= 11 is 6.79. The summed E-state index contributed by atoms with van der Waals surface area (Å²) < 4.78 is 0. The first-order chi connectivity index (χ1) is 7.84. The lowest BCUT2D eigenvalue weighted by atomic mass is 10.4. The first kappa shape index (κ1) is 9.73. The lowest BCUT2D eigenvalue weighted by Crippen LogP contribution is -2.28. The van der Waals surface area contributed by atoms with E-state index in [4.69, 9.17) is 12.2 Å². The summed E-state index contributed by atoms with van der Waals surface area (Å²) in [6, 6.07) is 4.00. The third-order valence-corrected chi connectivity index (χ3v) is 3.57. The molecular formula is C9H9N5S2. The van der Waals surface area contributed by atoms with E-state index in [2.05, 4.69) is 20.5 Å². The molecule has 2 aromatic heterocycles.